The summed E-state index contributed by atoms with van der Waals surface area (Å²) in [5.74, 6) is 0.460. The Labute approximate surface area is 216 Å². The number of aliphatic hydroxyl groups is 1. The van der Waals surface area contributed by atoms with E-state index in [0.717, 1.165) is 12.8 Å². The van der Waals surface area contributed by atoms with Crippen molar-refractivity contribution in [1.29, 1.82) is 5.26 Å². The highest BCUT2D eigenvalue weighted by atomic mass is 35.5. The van der Waals surface area contributed by atoms with E-state index in [-0.39, 0.29) is 29.0 Å². The van der Waals surface area contributed by atoms with Crippen molar-refractivity contribution < 1.29 is 18.6 Å². The number of nitrogens with zero attached hydrogens (tertiary/aromatic N) is 7. The second-order valence-electron chi connectivity index (χ2n) is 9.14. The standard InChI is InChI=1S/C23H26ClF2N9O2/c1-13(36)12-33-4-6-34(7-5-33)18-9-16(37-21(25)26)8-17(19(18)24)30-22-31-20-14(10-27)11-28-35(20)23(32-22)29-15-2-3-15/h8-9,11,13,15,21,36H,2-7,12H2,1H3,(H2,29,30,31,32)/t13-/m1/s1. The van der Waals surface area contributed by atoms with Gasteiger partial charge in [0.2, 0.25) is 11.9 Å². The molecule has 3 heterocycles. The Bertz CT molecular complexity index is 1320. The van der Waals surface area contributed by atoms with Crippen molar-refractivity contribution in [2.45, 2.75) is 38.5 Å². The van der Waals surface area contributed by atoms with Gasteiger partial charge >= 0.3 is 6.61 Å². The number of piperazine rings is 1. The number of hydrogen-bond donors (Lipinski definition) is 3. The number of fused-ring (bicyclic) bond motifs is 1. The van der Waals surface area contributed by atoms with E-state index in [2.05, 4.69) is 36.7 Å². The number of ether oxygens (including phenoxy) is 1. The number of aliphatic hydroxyl groups excluding tert-OH is 1. The number of alkyl halides is 2. The van der Waals surface area contributed by atoms with Crippen LogP contribution < -0.4 is 20.3 Å². The zero-order valence-corrected chi connectivity index (χ0v) is 20.8. The van der Waals surface area contributed by atoms with Gasteiger partial charge in [-0.15, -0.1) is 0 Å². The van der Waals surface area contributed by atoms with E-state index in [0.29, 0.717) is 55.0 Å². The summed E-state index contributed by atoms with van der Waals surface area (Å²) in [6, 6.07) is 5.17. The smallest absolute Gasteiger partial charge is 0.387 e. The lowest BCUT2D eigenvalue weighted by atomic mass is 10.2. The molecule has 37 heavy (non-hydrogen) atoms. The number of β-amino-alcohol motifs (C(OH)–C–C–N with tert-alkyl or cyclic N) is 1. The zero-order chi connectivity index (χ0) is 26.1. The molecule has 0 radical (unpaired) electrons. The van der Waals surface area contributed by atoms with Crippen molar-refractivity contribution in [2.75, 3.05) is 48.3 Å². The van der Waals surface area contributed by atoms with E-state index in [1.54, 1.807) is 6.92 Å². The lowest BCUT2D eigenvalue weighted by Crippen LogP contribution is -2.48. The fourth-order valence-corrected chi connectivity index (χ4v) is 4.53. The third kappa shape index (κ3) is 5.76. The minimum Gasteiger partial charge on any atom is -0.435 e. The Balaban J connectivity index is 1.47. The van der Waals surface area contributed by atoms with E-state index in [9.17, 15) is 19.1 Å². The van der Waals surface area contributed by atoms with Gasteiger partial charge in [-0.1, -0.05) is 11.6 Å². The second-order valence-corrected chi connectivity index (χ2v) is 9.52. The Hall–Kier alpha value is -3.47. The molecule has 1 aliphatic heterocycles. The second kappa shape index (κ2) is 10.5. The Morgan fingerprint density at radius 1 is 1.24 bits per heavy atom. The molecule has 1 aromatic carbocycles. The van der Waals surface area contributed by atoms with Gasteiger partial charge in [0.05, 0.1) is 28.7 Å². The highest BCUT2D eigenvalue weighted by Gasteiger charge is 2.26. The number of halogens is 3. The fraction of sp³-hybridized carbons (Fsp3) is 0.478. The number of benzene rings is 1. The van der Waals surface area contributed by atoms with Gasteiger partial charge in [-0.05, 0) is 19.8 Å². The molecule has 0 amide bonds. The number of aromatic nitrogens is 4. The molecular weight excluding hydrogens is 508 g/mol. The average Bonchev–Trinajstić information content (AvgIpc) is 3.57. The first-order valence-corrected chi connectivity index (χ1v) is 12.3. The SMILES string of the molecule is C[C@@H](O)CN1CCN(c2cc(OC(F)F)cc(Nc3nc(NC4CC4)n4ncc(C#N)c4n3)c2Cl)CC1. The zero-order valence-electron chi connectivity index (χ0n) is 20.0. The minimum absolute atomic E-state index is 0.0669. The third-order valence-corrected chi connectivity index (χ3v) is 6.53. The van der Waals surface area contributed by atoms with Crippen molar-refractivity contribution in [2.24, 2.45) is 0 Å². The maximum Gasteiger partial charge on any atom is 0.387 e. The van der Waals surface area contributed by atoms with Crippen LogP contribution in [0.1, 0.15) is 25.3 Å². The molecule has 2 fully saturated rings. The lowest BCUT2D eigenvalue weighted by Gasteiger charge is -2.37. The molecule has 2 aliphatic rings. The molecule has 11 nitrogen and oxygen atoms in total. The van der Waals surface area contributed by atoms with E-state index >= 15 is 0 Å². The summed E-state index contributed by atoms with van der Waals surface area (Å²) in [7, 11) is 0. The molecule has 3 N–H and O–H groups in total. The molecule has 1 atom stereocenters. The number of nitrogens with one attached hydrogen (secondary N) is 2. The van der Waals surface area contributed by atoms with Crippen LogP contribution in [0.5, 0.6) is 5.75 Å². The highest BCUT2D eigenvalue weighted by Crippen LogP contribution is 2.39. The topological polar surface area (TPSA) is 127 Å². The van der Waals surface area contributed by atoms with Crippen LogP contribution in [-0.2, 0) is 0 Å². The average molecular weight is 534 g/mol. The Morgan fingerprint density at radius 2 is 2.00 bits per heavy atom. The van der Waals surface area contributed by atoms with Crippen molar-refractivity contribution in [3.05, 3.63) is 28.9 Å². The van der Waals surface area contributed by atoms with Crippen molar-refractivity contribution >= 4 is 40.5 Å². The molecule has 1 aliphatic carbocycles. The van der Waals surface area contributed by atoms with Crippen LogP contribution in [0.15, 0.2) is 18.3 Å². The van der Waals surface area contributed by atoms with E-state index < -0.39 is 12.7 Å². The van der Waals surface area contributed by atoms with Gasteiger partial charge in [0.1, 0.15) is 17.4 Å². The molecule has 5 rings (SSSR count). The number of hydrogen-bond acceptors (Lipinski definition) is 10. The normalized spacial score (nSPS) is 17.2. The maximum atomic E-state index is 13.1. The molecule has 196 valence electrons. The number of anilines is 4. The van der Waals surface area contributed by atoms with Gasteiger partial charge in [0.25, 0.3) is 0 Å². The fourth-order valence-electron chi connectivity index (χ4n) is 4.26. The van der Waals surface area contributed by atoms with E-state index in [1.165, 1.54) is 22.8 Å². The predicted molar refractivity (Wildman–Crippen MR) is 134 cm³/mol. The molecule has 3 aromatic rings. The van der Waals surface area contributed by atoms with Crippen LogP contribution in [0.4, 0.5) is 32.1 Å². The van der Waals surface area contributed by atoms with Crippen molar-refractivity contribution in [3.8, 4) is 11.8 Å². The van der Waals surface area contributed by atoms with Crippen LogP contribution in [-0.4, -0.2) is 81.1 Å². The molecule has 0 spiro atoms. The first kappa shape index (κ1) is 25.2. The summed E-state index contributed by atoms with van der Waals surface area (Å²) >= 11 is 6.77. The lowest BCUT2D eigenvalue weighted by molar-refractivity contribution is -0.0497. The van der Waals surface area contributed by atoms with Crippen LogP contribution in [0.3, 0.4) is 0 Å². The third-order valence-electron chi connectivity index (χ3n) is 6.13. The summed E-state index contributed by atoms with van der Waals surface area (Å²) in [5, 5.41) is 29.9. The molecule has 0 unspecified atom stereocenters. The van der Waals surface area contributed by atoms with Crippen LogP contribution in [0.2, 0.25) is 5.02 Å². The highest BCUT2D eigenvalue weighted by molar-refractivity contribution is 6.36. The Kier molecular flexibility index (Phi) is 7.14. The Morgan fingerprint density at radius 3 is 2.65 bits per heavy atom. The van der Waals surface area contributed by atoms with E-state index in [1.807, 2.05) is 4.90 Å². The first-order chi connectivity index (χ1) is 17.8. The molecule has 1 saturated carbocycles. The van der Waals surface area contributed by atoms with Crippen LogP contribution >= 0.6 is 11.6 Å². The quantitative estimate of drug-likeness (QED) is 0.377. The van der Waals surface area contributed by atoms with Crippen LogP contribution in [0.25, 0.3) is 5.65 Å². The maximum absolute atomic E-state index is 13.1. The summed E-state index contributed by atoms with van der Waals surface area (Å²) in [6.07, 6.45) is 2.95. The summed E-state index contributed by atoms with van der Waals surface area (Å²) < 4.78 is 32.4. The summed E-state index contributed by atoms with van der Waals surface area (Å²) in [4.78, 5) is 13.0. The first-order valence-electron chi connectivity index (χ1n) is 11.9. The number of rotatable bonds is 9. The van der Waals surface area contributed by atoms with Gasteiger partial charge in [-0.25, -0.2) is 0 Å². The molecular formula is C23H26ClF2N9O2. The molecule has 0 bridgehead atoms. The van der Waals surface area contributed by atoms with Gasteiger partial charge in [-0.3, -0.25) is 4.90 Å². The monoisotopic (exact) mass is 533 g/mol. The molecule has 2 aromatic heterocycles. The van der Waals surface area contributed by atoms with Gasteiger partial charge in [0.15, 0.2) is 5.65 Å². The van der Waals surface area contributed by atoms with Gasteiger partial charge < -0.3 is 25.4 Å². The summed E-state index contributed by atoms with van der Waals surface area (Å²) in [5.41, 5.74) is 1.37. The van der Waals surface area contributed by atoms with Crippen molar-refractivity contribution in [3.63, 3.8) is 0 Å². The predicted octanol–water partition coefficient (Wildman–Crippen LogP) is 3.07. The largest absolute Gasteiger partial charge is 0.435 e. The van der Waals surface area contributed by atoms with Crippen LogP contribution in [0, 0.1) is 11.3 Å². The number of nitriles is 1. The van der Waals surface area contributed by atoms with Gasteiger partial charge in [-0.2, -0.15) is 33.6 Å². The van der Waals surface area contributed by atoms with E-state index in [4.69, 9.17) is 16.3 Å². The molecule has 1 saturated heterocycles. The summed E-state index contributed by atoms with van der Waals surface area (Å²) in [6.45, 7) is 1.81. The van der Waals surface area contributed by atoms with Crippen molar-refractivity contribution in [1.82, 2.24) is 24.5 Å². The van der Waals surface area contributed by atoms with Gasteiger partial charge in [0, 0.05) is 50.9 Å². The molecule has 14 heteroatoms. The minimum atomic E-state index is -3.02.